The van der Waals surface area contributed by atoms with Crippen molar-refractivity contribution in [3.8, 4) is 17.1 Å². The minimum Gasteiger partial charge on any atom is -0.496 e. The molecule has 1 heterocycles. The first-order valence-corrected chi connectivity index (χ1v) is 5.01. The Morgan fingerprint density at radius 1 is 1.47 bits per heavy atom. The minimum atomic E-state index is -0.927. The van der Waals surface area contributed by atoms with Gasteiger partial charge in [0.25, 0.3) is 0 Å². The number of benzene rings is 1. The summed E-state index contributed by atoms with van der Waals surface area (Å²) in [6.07, 6.45) is 1.28. The largest absolute Gasteiger partial charge is 0.496 e. The molecule has 1 aromatic heterocycles. The van der Waals surface area contributed by atoms with Gasteiger partial charge in [-0.25, -0.2) is 0 Å². The Bertz CT molecular complexity index is 533. The van der Waals surface area contributed by atoms with Gasteiger partial charge in [-0.15, -0.1) is 0 Å². The standard InChI is InChI=1S/C12H11NO4/c1-16-10-5-3-2-4-9(10)12-8(6-11(14)15)7-13-17-12/h2-5,7H,6H2,1H3,(H,14,15). The lowest BCUT2D eigenvalue weighted by Crippen LogP contribution is -2.00. The van der Waals surface area contributed by atoms with Gasteiger partial charge >= 0.3 is 5.97 Å². The van der Waals surface area contributed by atoms with E-state index in [-0.39, 0.29) is 6.42 Å². The summed E-state index contributed by atoms with van der Waals surface area (Å²) in [6.45, 7) is 0. The van der Waals surface area contributed by atoms with Gasteiger partial charge in [0.05, 0.1) is 25.3 Å². The van der Waals surface area contributed by atoms with Crippen molar-refractivity contribution in [2.75, 3.05) is 7.11 Å². The number of carbonyl (C=O) groups is 1. The van der Waals surface area contributed by atoms with E-state index in [0.29, 0.717) is 22.6 Å². The van der Waals surface area contributed by atoms with E-state index in [9.17, 15) is 4.79 Å². The van der Waals surface area contributed by atoms with Gasteiger partial charge in [-0.3, -0.25) is 4.79 Å². The minimum absolute atomic E-state index is 0.128. The van der Waals surface area contributed by atoms with Crippen LogP contribution < -0.4 is 4.74 Å². The molecule has 88 valence electrons. The van der Waals surface area contributed by atoms with Gasteiger partial charge in [0.15, 0.2) is 5.76 Å². The summed E-state index contributed by atoms with van der Waals surface area (Å²) in [4.78, 5) is 10.7. The number of aromatic nitrogens is 1. The van der Waals surface area contributed by atoms with Gasteiger partial charge in [0.1, 0.15) is 5.75 Å². The lowest BCUT2D eigenvalue weighted by atomic mass is 10.1. The molecule has 2 rings (SSSR count). The fourth-order valence-corrected chi connectivity index (χ4v) is 1.60. The second-order valence-electron chi connectivity index (χ2n) is 3.45. The van der Waals surface area contributed by atoms with Crippen LogP contribution in [0.25, 0.3) is 11.3 Å². The van der Waals surface area contributed by atoms with Crippen LogP contribution in [0.3, 0.4) is 0 Å². The summed E-state index contributed by atoms with van der Waals surface area (Å²) < 4.78 is 10.3. The van der Waals surface area contributed by atoms with Crippen molar-refractivity contribution in [3.05, 3.63) is 36.0 Å². The van der Waals surface area contributed by atoms with Crippen LogP contribution in [0.2, 0.25) is 0 Å². The third-order valence-corrected chi connectivity index (χ3v) is 2.34. The maximum absolute atomic E-state index is 10.7. The molecule has 17 heavy (non-hydrogen) atoms. The van der Waals surface area contributed by atoms with Crippen LogP contribution >= 0.6 is 0 Å². The van der Waals surface area contributed by atoms with Crippen molar-refractivity contribution in [2.24, 2.45) is 0 Å². The number of nitrogens with zero attached hydrogens (tertiary/aromatic N) is 1. The highest BCUT2D eigenvalue weighted by atomic mass is 16.5. The Morgan fingerprint density at radius 2 is 2.24 bits per heavy atom. The van der Waals surface area contributed by atoms with E-state index in [1.54, 1.807) is 19.2 Å². The zero-order chi connectivity index (χ0) is 12.3. The van der Waals surface area contributed by atoms with Crippen molar-refractivity contribution in [3.63, 3.8) is 0 Å². The first-order valence-electron chi connectivity index (χ1n) is 5.01. The molecule has 0 unspecified atom stereocenters. The van der Waals surface area contributed by atoms with Crippen LogP contribution in [0.1, 0.15) is 5.56 Å². The Labute approximate surface area is 97.6 Å². The predicted octanol–water partition coefficient (Wildman–Crippen LogP) is 1.98. The van der Waals surface area contributed by atoms with E-state index >= 15 is 0 Å². The maximum Gasteiger partial charge on any atom is 0.308 e. The van der Waals surface area contributed by atoms with Gasteiger partial charge < -0.3 is 14.4 Å². The number of hydrogen-bond donors (Lipinski definition) is 1. The number of para-hydroxylation sites is 1. The molecule has 0 atom stereocenters. The number of ether oxygens (including phenoxy) is 1. The Hall–Kier alpha value is -2.30. The van der Waals surface area contributed by atoms with Gasteiger partial charge in [0.2, 0.25) is 0 Å². The molecule has 0 aliphatic heterocycles. The Kier molecular flexibility index (Phi) is 3.09. The zero-order valence-electron chi connectivity index (χ0n) is 9.21. The third-order valence-electron chi connectivity index (χ3n) is 2.34. The van der Waals surface area contributed by atoms with Crippen LogP contribution in [-0.2, 0) is 11.2 Å². The molecule has 1 N–H and O–H groups in total. The normalized spacial score (nSPS) is 10.2. The molecule has 2 aromatic rings. The summed E-state index contributed by atoms with van der Waals surface area (Å²) >= 11 is 0. The molecule has 0 amide bonds. The highest BCUT2D eigenvalue weighted by Gasteiger charge is 2.16. The average Bonchev–Trinajstić information content (AvgIpc) is 2.76. The monoisotopic (exact) mass is 233 g/mol. The molecule has 0 saturated heterocycles. The number of carboxylic acids is 1. The zero-order valence-corrected chi connectivity index (χ0v) is 9.21. The molecule has 0 aliphatic rings. The van der Waals surface area contributed by atoms with Crippen LogP contribution in [-0.4, -0.2) is 23.3 Å². The maximum atomic E-state index is 10.7. The van der Waals surface area contributed by atoms with E-state index < -0.39 is 5.97 Å². The first kappa shape index (κ1) is 11.2. The van der Waals surface area contributed by atoms with Crippen molar-refractivity contribution >= 4 is 5.97 Å². The second kappa shape index (κ2) is 4.69. The SMILES string of the molecule is COc1ccccc1-c1oncc1CC(=O)O. The molecule has 1 aromatic carbocycles. The molecule has 0 radical (unpaired) electrons. The summed E-state index contributed by atoms with van der Waals surface area (Å²) in [7, 11) is 1.55. The first-order chi connectivity index (χ1) is 8.22. The van der Waals surface area contributed by atoms with Crippen LogP contribution in [0.5, 0.6) is 5.75 Å². The van der Waals surface area contributed by atoms with Gasteiger partial charge in [-0.1, -0.05) is 17.3 Å². The van der Waals surface area contributed by atoms with Crippen LogP contribution in [0, 0.1) is 0 Å². The number of aliphatic carboxylic acids is 1. The number of carboxylic acid groups (broad SMARTS) is 1. The topological polar surface area (TPSA) is 72.6 Å². The highest BCUT2D eigenvalue weighted by molar-refractivity contribution is 5.76. The van der Waals surface area contributed by atoms with E-state index in [0.717, 1.165) is 0 Å². The van der Waals surface area contributed by atoms with E-state index in [2.05, 4.69) is 5.16 Å². The predicted molar refractivity (Wildman–Crippen MR) is 59.8 cm³/mol. The van der Waals surface area contributed by atoms with E-state index in [1.165, 1.54) is 6.20 Å². The Balaban J connectivity index is 2.46. The smallest absolute Gasteiger partial charge is 0.308 e. The summed E-state index contributed by atoms with van der Waals surface area (Å²) in [5.74, 6) is 0.130. The molecule has 0 saturated carbocycles. The van der Waals surface area contributed by atoms with Gasteiger partial charge in [-0.2, -0.15) is 0 Å². The van der Waals surface area contributed by atoms with Crippen LogP contribution in [0.15, 0.2) is 35.0 Å². The molecular weight excluding hydrogens is 222 g/mol. The summed E-state index contributed by atoms with van der Waals surface area (Å²) in [5.41, 5.74) is 1.23. The van der Waals surface area contributed by atoms with E-state index in [1.807, 2.05) is 12.1 Å². The molecular formula is C12H11NO4. The average molecular weight is 233 g/mol. The van der Waals surface area contributed by atoms with Crippen molar-refractivity contribution in [2.45, 2.75) is 6.42 Å². The summed E-state index contributed by atoms with van der Waals surface area (Å²) in [6, 6.07) is 7.23. The van der Waals surface area contributed by atoms with Crippen molar-refractivity contribution in [1.82, 2.24) is 5.16 Å². The van der Waals surface area contributed by atoms with Gasteiger partial charge in [-0.05, 0) is 12.1 Å². The molecule has 0 spiro atoms. The fourth-order valence-electron chi connectivity index (χ4n) is 1.60. The van der Waals surface area contributed by atoms with Crippen molar-refractivity contribution < 1.29 is 19.2 Å². The quantitative estimate of drug-likeness (QED) is 0.874. The molecule has 5 nitrogen and oxygen atoms in total. The Morgan fingerprint density at radius 3 is 2.94 bits per heavy atom. The lowest BCUT2D eigenvalue weighted by molar-refractivity contribution is -0.136. The summed E-state index contributed by atoms with van der Waals surface area (Å²) in [5, 5.41) is 12.4. The molecule has 0 bridgehead atoms. The molecule has 0 aliphatic carbocycles. The van der Waals surface area contributed by atoms with Crippen LogP contribution in [0.4, 0.5) is 0 Å². The second-order valence-corrected chi connectivity index (χ2v) is 3.45. The van der Waals surface area contributed by atoms with Crippen molar-refractivity contribution in [1.29, 1.82) is 0 Å². The fraction of sp³-hybridized carbons (Fsp3) is 0.167. The number of hydrogen-bond acceptors (Lipinski definition) is 4. The number of methoxy groups -OCH3 is 1. The lowest BCUT2D eigenvalue weighted by Gasteiger charge is -2.05. The molecule has 0 fully saturated rings. The number of rotatable bonds is 4. The van der Waals surface area contributed by atoms with E-state index in [4.69, 9.17) is 14.4 Å². The third kappa shape index (κ3) is 2.28. The molecule has 5 heteroatoms. The highest BCUT2D eigenvalue weighted by Crippen LogP contribution is 2.32. The van der Waals surface area contributed by atoms with Gasteiger partial charge in [0, 0.05) is 5.56 Å².